The number of aromatic carboxylic acids is 1. The molecule has 0 spiro atoms. The minimum absolute atomic E-state index is 0.0355. The number of thioether (sulfide) groups is 1. The van der Waals surface area contributed by atoms with Gasteiger partial charge in [-0.3, -0.25) is 0 Å². The molecule has 1 aromatic carbocycles. The zero-order chi connectivity index (χ0) is 13.1. The van der Waals surface area contributed by atoms with Gasteiger partial charge in [0.1, 0.15) is 5.58 Å². The Labute approximate surface area is 109 Å². The Hall–Kier alpha value is -1.46. The van der Waals surface area contributed by atoms with Crippen molar-refractivity contribution in [1.82, 2.24) is 0 Å². The molecule has 1 heterocycles. The molecule has 5 heteroatoms. The number of carboxylic acid groups (broad SMARTS) is 1. The molecule has 4 nitrogen and oxygen atoms in total. The summed E-state index contributed by atoms with van der Waals surface area (Å²) in [5.74, 6) is 0.398. The van der Waals surface area contributed by atoms with E-state index in [2.05, 4.69) is 0 Å². The van der Waals surface area contributed by atoms with Crippen molar-refractivity contribution < 1.29 is 14.3 Å². The maximum absolute atomic E-state index is 11.2. The second-order valence-corrected chi connectivity index (χ2v) is 5.23. The highest BCUT2D eigenvalue weighted by Gasteiger charge is 2.19. The van der Waals surface area contributed by atoms with Crippen molar-refractivity contribution in [2.45, 2.75) is 18.7 Å². The summed E-state index contributed by atoms with van der Waals surface area (Å²) in [7, 11) is 0. The first-order chi connectivity index (χ1) is 8.59. The maximum Gasteiger partial charge on any atom is 0.372 e. The average Bonchev–Trinajstić information content (AvgIpc) is 2.68. The van der Waals surface area contributed by atoms with Crippen LogP contribution in [0.3, 0.4) is 0 Å². The van der Waals surface area contributed by atoms with Crippen LogP contribution in [0.4, 0.5) is 0 Å². The highest BCUT2D eigenvalue weighted by Crippen LogP contribution is 2.29. The van der Waals surface area contributed by atoms with Gasteiger partial charge < -0.3 is 15.3 Å². The van der Waals surface area contributed by atoms with Gasteiger partial charge in [-0.2, -0.15) is 11.8 Å². The molecule has 1 aromatic heterocycles. The SMILES string of the molecule is CC(N)CSCc1c(C(=O)O)oc2ccccc12. The smallest absolute Gasteiger partial charge is 0.372 e. The van der Waals surface area contributed by atoms with Gasteiger partial charge in [0.05, 0.1) is 0 Å². The maximum atomic E-state index is 11.2. The third kappa shape index (κ3) is 2.68. The van der Waals surface area contributed by atoms with Crippen LogP contribution in [0.1, 0.15) is 23.0 Å². The van der Waals surface area contributed by atoms with Gasteiger partial charge in [-0.15, -0.1) is 0 Å². The number of fused-ring (bicyclic) bond motifs is 1. The van der Waals surface area contributed by atoms with Crippen molar-refractivity contribution in [3.05, 3.63) is 35.6 Å². The molecular weight excluding hydrogens is 250 g/mol. The van der Waals surface area contributed by atoms with Gasteiger partial charge in [0.2, 0.25) is 5.76 Å². The molecule has 0 fully saturated rings. The molecule has 1 atom stereocenters. The summed E-state index contributed by atoms with van der Waals surface area (Å²) in [6, 6.07) is 7.47. The van der Waals surface area contributed by atoms with E-state index in [1.165, 1.54) is 0 Å². The van der Waals surface area contributed by atoms with E-state index in [4.69, 9.17) is 15.3 Å². The molecular formula is C13H15NO3S. The summed E-state index contributed by atoms with van der Waals surface area (Å²) >= 11 is 1.62. The molecule has 0 saturated carbocycles. The lowest BCUT2D eigenvalue weighted by Gasteiger charge is -2.04. The van der Waals surface area contributed by atoms with Crippen molar-refractivity contribution >= 4 is 28.7 Å². The van der Waals surface area contributed by atoms with E-state index in [-0.39, 0.29) is 11.8 Å². The summed E-state index contributed by atoms with van der Waals surface area (Å²) in [4.78, 5) is 11.2. The van der Waals surface area contributed by atoms with Crippen LogP contribution in [0.2, 0.25) is 0 Å². The number of carboxylic acids is 1. The number of rotatable bonds is 5. The van der Waals surface area contributed by atoms with E-state index in [0.717, 1.165) is 16.7 Å². The van der Waals surface area contributed by atoms with Crippen LogP contribution in [0.15, 0.2) is 28.7 Å². The fourth-order valence-electron chi connectivity index (χ4n) is 1.76. The standard InChI is InChI=1S/C13H15NO3S/c1-8(14)6-18-7-10-9-4-2-3-5-11(9)17-12(10)13(15)16/h2-5,8H,6-7,14H2,1H3,(H,15,16). The lowest BCUT2D eigenvalue weighted by molar-refractivity contribution is 0.0664. The Bertz CT molecular complexity index is 562. The van der Waals surface area contributed by atoms with Gasteiger partial charge in [0.15, 0.2) is 0 Å². The molecule has 3 N–H and O–H groups in total. The Morgan fingerprint density at radius 2 is 2.22 bits per heavy atom. The minimum Gasteiger partial charge on any atom is -0.475 e. The number of furan rings is 1. The molecule has 0 bridgehead atoms. The molecule has 1 unspecified atom stereocenters. The highest BCUT2D eigenvalue weighted by atomic mass is 32.2. The Kier molecular flexibility index (Phi) is 3.93. The topological polar surface area (TPSA) is 76.5 Å². The number of para-hydroxylation sites is 1. The predicted molar refractivity (Wildman–Crippen MR) is 73.0 cm³/mol. The van der Waals surface area contributed by atoms with Gasteiger partial charge in [-0.05, 0) is 13.0 Å². The van der Waals surface area contributed by atoms with Crippen LogP contribution >= 0.6 is 11.8 Å². The van der Waals surface area contributed by atoms with E-state index in [1.807, 2.05) is 25.1 Å². The fourth-order valence-corrected chi connectivity index (χ4v) is 2.74. The van der Waals surface area contributed by atoms with Crippen LogP contribution in [-0.2, 0) is 5.75 Å². The van der Waals surface area contributed by atoms with Crippen molar-refractivity contribution in [3.8, 4) is 0 Å². The van der Waals surface area contributed by atoms with Gasteiger partial charge >= 0.3 is 5.97 Å². The number of benzene rings is 1. The second-order valence-electron chi connectivity index (χ2n) is 4.20. The van der Waals surface area contributed by atoms with E-state index in [1.54, 1.807) is 17.8 Å². The van der Waals surface area contributed by atoms with Crippen molar-refractivity contribution in [3.63, 3.8) is 0 Å². The molecule has 0 aliphatic rings. The molecule has 0 amide bonds. The molecule has 2 rings (SSSR count). The van der Waals surface area contributed by atoms with Gasteiger partial charge in [0.25, 0.3) is 0 Å². The van der Waals surface area contributed by atoms with Gasteiger partial charge in [-0.25, -0.2) is 4.79 Å². The quantitative estimate of drug-likeness (QED) is 0.869. The van der Waals surface area contributed by atoms with Crippen molar-refractivity contribution in [2.75, 3.05) is 5.75 Å². The first-order valence-electron chi connectivity index (χ1n) is 5.66. The molecule has 0 radical (unpaired) electrons. The summed E-state index contributed by atoms with van der Waals surface area (Å²) in [5, 5.41) is 10.0. The van der Waals surface area contributed by atoms with Crippen LogP contribution in [0, 0.1) is 0 Å². The fraction of sp³-hybridized carbons (Fsp3) is 0.308. The first kappa shape index (κ1) is 13.0. The lowest BCUT2D eigenvalue weighted by Crippen LogP contribution is -2.17. The molecule has 0 saturated heterocycles. The number of nitrogens with two attached hydrogens (primary N) is 1. The molecule has 2 aromatic rings. The normalized spacial score (nSPS) is 12.8. The van der Waals surface area contributed by atoms with Gasteiger partial charge in [0, 0.05) is 28.5 Å². The van der Waals surface area contributed by atoms with E-state index in [0.29, 0.717) is 11.3 Å². The monoisotopic (exact) mass is 265 g/mol. The summed E-state index contributed by atoms with van der Waals surface area (Å²) in [6.45, 7) is 1.93. The van der Waals surface area contributed by atoms with Crippen molar-refractivity contribution in [2.24, 2.45) is 5.73 Å². The first-order valence-corrected chi connectivity index (χ1v) is 6.82. The Morgan fingerprint density at radius 3 is 2.89 bits per heavy atom. The average molecular weight is 265 g/mol. The molecule has 0 aliphatic carbocycles. The summed E-state index contributed by atoms with van der Waals surface area (Å²) in [6.07, 6.45) is 0. The van der Waals surface area contributed by atoms with Gasteiger partial charge in [-0.1, -0.05) is 18.2 Å². The highest BCUT2D eigenvalue weighted by molar-refractivity contribution is 7.98. The van der Waals surface area contributed by atoms with Crippen LogP contribution in [0.5, 0.6) is 0 Å². The van der Waals surface area contributed by atoms with E-state index in [9.17, 15) is 4.79 Å². The largest absolute Gasteiger partial charge is 0.475 e. The zero-order valence-corrected chi connectivity index (χ0v) is 10.9. The Balaban J connectivity index is 2.33. The van der Waals surface area contributed by atoms with Crippen LogP contribution in [-0.4, -0.2) is 22.9 Å². The second kappa shape index (κ2) is 5.46. The van der Waals surface area contributed by atoms with E-state index >= 15 is 0 Å². The van der Waals surface area contributed by atoms with Crippen molar-refractivity contribution in [1.29, 1.82) is 0 Å². The van der Waals surface area contributed by atoms with Crippen LogP contribution < -0.4 is 5.73 Å². The molecule has 0 aliphatic heterocycles. The minimum atomic E-state index is -1.03. The zero-order valence-electron chi connectivity index (χ0n) is 10.1. The lowest BCUT2D eigenvalue weighted by atomic mass is 10.1. The third-order valence-corrected chi connectivity index (χ3v) is 3.77. The summed E-state index contributed by atoms with van der Waals surface area (Å²) in [5.41, 5.74) is 7.04. The molecule has 96 valence electrons. The summed E-state index contributed by atoms with van der Waals surface area (Å²) < 4.78 is 5.37. The predicted octanol–water partition coefficient (Wildman–Crippen LogP) is 2.71. The Morgan fingerprint density at radius 1 is 1.50 bits per heavy atom. The number of carbonyl (C=O) groups is 1. The van der Waals surface area contributed by atoms with E-state index < -0.39 is 5.97 Å². The number of hydrogen-bond donors (Lipinski definition) is 2. The number of hydrogen-bond acceptors (Lipinski definition) is 4. The third-order valence-electron chi connectivity index (χ3n) is 2.52. The molecule has 18 heavy (non-hydrogen) atoms. The van der Waals surface area contributed by atoms with Crippen LogP contribution in [0.25, 0.3) is 11.0 Å².